The van der Waals surface area contributed by atoms with Gasteiger partial charge in [0.15, 0.2) is 0 Å². The summed E-state index contributed by atoms with van der Waals surface area (Å²) in [6, 6.07) is 8.62. The van der Waals surface area contributed by atoms with E-state index in [0.717, 1.165) is 22.5 Å². The molecular weight excluding hydrogens is 332 g/mol. The maximum absolute atomic E-state index is 11.0. The normalized spacial score (nSPS) is 10.3. The first-order valence-corrected chi connectivity index (χ1v) is 7.90. The van der Waals surface area contributed by atoms with Gasteiger partial charge in [-0.3, -0.25) is 4.68 Å². The average Bonchev–Trinajstić information content (AvgIpc) is 3.09. The van der Waals surface area contributed by atoms with Gasteiger partial charge in [0.05, 0.1) is 42.2 Å². The molecule has 1 aromatic carbocycles. The average molecular weight is 348 g/mol. The summed E-state index contributed by atoms with van der Waals surface area (Å²) in [4.78, 5) is 19.8. The Hall–Kier alpha value is -3.73. The lowest BCUT2D eigenvalue weighted by Gasteiger charge is -2.08. The number of hydrogen-bond donors (Lipinski definition) is 2. The van der Waals surface area contributed by atoms with E-state index in [1.165, 1.54) is 0 Å². The smallest absolute Gasteiger partial charge is 0.335 e. The Kier molecular flexibility index (Phi) is 4.90. The van der Waals surface area contributed by atoms with Gasteiger partial charge < -0.3 is 10.4 Å². The number of aromatic carboxylic acids is 1. The number of aryl methyl sites for hydroxylation is 2. The zero-order chi connectivity index (χ0) is 18.5. The van der Waals surface area contributed by atoms with E-state index in [9.17, 15) is 4.79 Å². The monoisotopic (exact) mass is 348 g/mol. The molecule has 0 radical (unpaired) electrons. The molecule has 0 amide bonds. The Morgan fingerprint density at radius 3 is 2.77 bits per heavy atom. The highest BCUT2D eigenvalue weighted by Crippen LogP contribution is 2.23. The fraction of sp³-hybridized carbons (Fsp3) is 0.167. The molecule has 8 heteroatoms. The number of carboxylic acid groups (broad SMARTS) is 1. The molecule has 2 heterocycles. The molecule has 0 fully saturated rings. The summed E-state index contributed by atoms with van der Waals surface area (Å²) in [7, 11) is 0. The van der Waals surface area contributed by atoms with Crippen LogP contribution in [0.5, 0.6) is 0 Å². The van der Waals surface area contributed by atoms with Gasteiger partial charge >= 0.3 is 5.97 Å². The van der Waals surface area contributed by atoms with Gasteiger partial charge in [0.25, 0.3) is 0 Å². The predicted molar refractivity (Wildman–Crippen MR) is 94.9 cm³/mol. The number of nitriles is 1. The van der Waals surface area contributed by atoms with E-state index < -0.39 is 5.97 Å². The van der Waals surface area contributed by atoms with Gasteiger partial charge in [-0.25, -0.2) is 14.8 Å². The van der Waals surface area contributed by atoms with Crippen molar-refractivity contribution < 1.29 is 9.90 Å². The second kappa shape index (κ2) is 7.44. The van der Waals surface area contributed by atoms with Crippen molar-refractivity contribution in [3.63, 3.8) is 0 Å². The van der Waals surface area contributed by atoms with Crippen molar-refractivity contribution in [2.24, 2.45) is 0 Å². The summed E-state index contributed by atoms with van der Waals surface area (Å²) in [5.74, 6) is -0.556. The minimum absolute atomic E-state index is 0.226. The van der Waals surface area contributed by atoms with Crippen LogP contribution in [0.25, 0.3) is 11.3 Å². The standard InChI is InChI=1S/C18H16N6O2/c1-12-9-20-18(22-15-10-21-24(11-15)8-2-7-19)23-16(12)13-3-5-14(6-4-13)17(25)26/h3-6,9-11H,2,8H2,1H3,(H,25,26)(H,20,22,23). The van der Waals surface area contributed by atoms with Crippen molar-refractivity contribution in [1.82, 2.24) is 19.7 Å². The van der Waals surface area contributed by atoms with Gasteiger partial charge in [0.1, 0.15) is 0 Å². The number of anilines is 2. The number of hydrogen-bond acceptors (Lipinski definition) is 6. The van der Waals surface area contributed by atoms with Gasteiger partial charge in [-0.2, -0.15) is 10.4 Å². The summed E-state index contributed by atoms with van der Waals surface area (Å²) in [6.07, 6.45) is 5.51. The van der Waals surface area contributed by atoms with Crippen molar-refractivity contribution in [1.29, 1.82) is 5.26 Å². The van der Waals surface area contributed by atoms with E-state index in [2.05, 4.69) is 26.5 Å². The molecule has 3 aromatic rings. The first-order valence-electron chi connectivity index (χ1n) is 7.90. The zero-order valence-corrected chi connectivity index (χ0v) is 14.0. The number of benzene rings is 1. The van der Waals surface area contributed by atoms with Crippen LogP contribution in [-0.2, 0) is 6.54 Å². The molecule has 2 N–H and O–H groups in total. The van der Waals surface area contributed by atoms with Crippen molar-refractivity contribution in [2.45, 2.75) is 19.9 Å². The molecule has 0 saturated carbocycles. The molecule has 0 atom stereocenters. The lowest BCUT2D eigenvalue weighted by molar-refractivity contribution is 0.0697. The fourth-order valence-corrected chi connectivity index (χ4v) is 2.41. The molecule has 0 aliphatic rings. The highest BCUT2D eigenvalue weighted by atomic mass is 16.4. The van der Waals surface area contributed by atoms with Crippen LogP contribution in [0.4, 0.5) is 11.6 Å². The van der Waals surface area contributed by atoms with E-state index >= 15 is 0 Å². The van der Waals surface area contributed by atoms with Crippen molar-refractivity contribution in [3.8, 4) is 17.3 Å². The fourth-order valence-electron chi connectivity index (χ4n) is 2.41. The van der Waals surface area contributed by atoms with E-state index in [-0.39, 0.29) is 5.56 Å². The maximum Gasteiger partial charge on any atom is 0.335 e. The third-order valence-electron chi connectivity index (χ3n) is 3.72. The second-order valence-electron chi connectivity index (χ2n) is 5.63. The Balaban J connectivity index is 1.82. The first-order chi connectivity index (χ1) is 12.6. The lowest BCUT2D eigenvalue weighted by Crippen LogP contribution is -2.00. The number of nitrogens with zero attached hydrogens (tertiary/aromatic N) is 5. The van der Waals surface area contributed by atoms with Gasteiger partial charge in [-0.15, -0.1) is 0 Å². The summed E-state index contributed by atoms with van der Waals surface area (Å²) in [5, 5.41) is 24.9. The quantitative estimate of drug-likeness (QED) is 0.703. The van der Waals surface area contributed by atoms with E-state index in [4.69, 9.17) is 10.4 Å². The molecule has 0 aliphatic heterocycles. The zero-order valence-electron chi connectivity index (χ0n) is 14.0. The molecule has 0 aliphatic carbocycles. The SMILES string of the molecule is Cc1cnc(Nc2cnn(CCC#N)c2)nc1-c1ccc(C(=O)O)cc1. The van der Waals surface area contributed by atoms with Crippen LogP contribution >= 0.6 is 0 Å². The van der Waals surface area contributed by atoms with Crippen LogP contribution in [0, 0.1) is 18.3 Å². The molecule has 26 heavy (non-hydrogen) atoms. The number of carboxylic acids is 1. The molecule has 3 rings (SSSR count). The van der Waals surface area contributed by atoms with Gasteiger partial charge in [0, 0.05) is 18.0 Å². The van der Waals surface area contributed by atoms with Crippen LogP contribution in [0.1, 0.15) is 22.3 Å². The number of carbonyl (C=O) groups is 1. The minimum atomic E-state index is -0.966. The van der Waals surface area contributed by atoms with E-state index in [1.807, 2.05) is 6.92 Å². The topological polar surface area (TPSA) is 117 Å². The number of rotatable bonds is 6. The largest absolute Gasteiger partial charge is 0.478 e. The third kappa shape index (κ3) is 3.84. The van der Waals surface area contributed by atoms with Crippen LogP contribution in [-0.4, -0.2) is 30.8 Å². The molecular formula is C18H16N6O2. The molecule has 0 bridgehead atoms. The first kappa shape index (κ1) is 17.1. The summed E-state index contributed by atoms with van der Waals surface area (Å²) in [6.45, 7) is 2.41. The summed E-state index contributed by atoms with van der Waals surface area (Å²) in [5.41, 5.74) is 3.35. The lowest BCUT2D eigenvalue weighted by atomic mass is 10.1. The Bertz CT molecular complexity index is 972. The Morgan fingerprint density at radius 1 is 1.31 bits per heavy atom. The van der Waals surface area contributed by atoms with Crippen LogP contribution in [0.15, 0.2) is 42.9 Å². The minimum Gasteiger partial charge on any atom is -0.478 e. The Morgan fingerprint density at radius 2 is 2.08 bits per heavy atom. The van der Waals surface area contributed by atoms with Gasteiger partial charge in [0.2, 0.25) is 5.95 Å². The third-order valence-corrected chi connectivity index (χ3v) is 3.72. The maximum atomic E-state index is 11.0. The summed E-state index contributed by atoms with van der Waals surface area (Å²) >= 11 is 0. The van der Waals surface area contributed by atoms with Gasteiger partial charge in [-0.05, 0) is 24.6 Å². The molecule has 130 valence electrons. The molecule has 0 saturated heterocycles. The van der Waals surface area contributed by atoms with Crippen molar-refractivity contribution >= 4 is 17.6 Å². The predicted octanol–water partition coefficient (Wildman–Crippen LogP) is 3.00. The highest BCUT2D eigenvalue weighted by molar-refractivity contribution is 5.88. The molecule has 2 aromatic heterocycles. The van der Waals surface area contributed by atoms with Crippen LogP contribution < -0.4 is 5.32 Å². The molecule has 0 unspecified atom stereocenters. The van der Waals surface area contributed by atoms with E-state index in [0.29, 0.717) is 18.9 Å². The van der Waals surface area contributed by atoms with Crippen LogP contribution in [0.3, 0.4) is 0 Å². The Labute approximate surface area is 149 Å². The molecule has 8 nitrogen and oxygen atoms in total. The highest BCUT2D eigenvalue weighted by Gasteiger charge is 2.09. The van der Waals surface area contributed by atoms with Crippen molar-refractivity contribution in [2.75, 3.05) is 5.32 Å². The van der Waals surface area contributed by atoms with E-state index in [1.54, 1.807) is 47.5 Å². The van der Waals surface area contributed by atoms with Gasteiger partial charge in [-0.1, -0.05) is 12.1 Å². The molecule has 0 spiro atoms. The summed E-state index contributed by atoms with van der Waals surface area (Å²) < 4.78 is 1.67. The van der Waals surface area contributed by atoms with Crippen molar-refractivity contribution in [3.05, 3.63) is 54.0 Å². The number of aromatic nitrogens is 4. The van der Waals surface area contributed by atoms with Crippen LogP contribution in [0.2, 0.25) is 0 Å². The number of nitrogens with one attached hydrogen (secondary N) is 1. The second-order valence-corrected chi connectivity index (χ2v) is 5.63.